The van der Waals surface area contributed by atoms with Crippen molar-refractivity contribution in [2.24, 2.45) is 0 Å². The van der Waals surface area contributed by atoms with Crippen LogP contribution in [0, 0.1) is 13.8 Å². The minimum atomic E-state index is -0.559. The fourth-order valence-corrected chi connectivity index (χ4v) is 4.39. The highest BCUT2D eigenvalue weighted by Crippen LogP contribution is 2.33. The van der Waals surface area contributed by atoms with Crippen molar-refractivity contribution < 1.29 is 14.3 Å². The van der Waals surface area contributed by atoms with E-state index in [4.69, 9.17) is 4.74 Å². The third-order valence-electron chi connectivity index (χ3n) is 4.57. The van der Waals surface area contributed by atoms with Gasteiger partial charge < -0.3 is 14.3 Å². The zero-order valence-corrected chi connectivity index (χ0v) is 16.8. The fourth-order valence-electron chi connectivity index (χ4n) is 3.18. The molecule has 2 aromatic carbocycles. The van der Waals surface area contributed by atoms with Gasteiger partial charge in [0.2, 0.25) is 0 Å². The molecule has 1 atom stereocenters. The average molecular weight is 373 g/mol. The van der Waals surface area contributed by atoms with E-state index in [1.165, 1.54) is 0 Å². The van der Waals surface area contributed by atoms with Gasteiger partial charge in [-0.25, -0.2) is 0 Å². The van der Waals surface area contributed by atoms with Gasteiger partial charge in [0.1, 0.15) is 25.0 Å². The summed E-state index contributed by atoms with van der Waals surface area (Å²) < 4.78 is 8.58. The molecule has 0 saturated heterocycles. The standard InChI is InChI=1S/C21H26NO3S/c1-13-14(2)21-17(20(24)16-8-6-7-9-19(16)26-21)10-18(13)25-12-15(23)11-22(3,4)5/h6-10,15,23H,11-12H2,1-5H3/q+1/t15-/m0/s1. The number of nitrogens with zero attached hydrogens (tertiary/aromatic N) is 1. The molecule has 0 unspecified atom stereocenters. The summed E-state index contributed by atoms with van der Waals surface area (Å²) in [5, 5.41) is 11.6. The Morgan fingerprint density at radius 3 is 2.50 bits per heavy atom. The third-order valence-corrected chi connectivity index (χ3v) is 5.88. The summed E-state index contributed by atoms with van der Waals surface area (Å²) in [6, 6.07) is 9.54. The monoisotopic (exact) mass is 372 g/mol. The van der Waals surface area contributed by atoms with Crippen molar-refractivity contribution in [1.82, 2.24) is 0 Å². The molecule has 1 N–H and O–H groups in total. The lowest BCUT2D eigenvalue weighted by Crippen LogP contribution is -2.43. The summed E-state index contributed by atoms with van der Waals surface area (Å²) in [6.07, 6.45) is -0.559. The van der Waals surface area contributed by atoms with Gasteiger partial charge in [-0.05, 0) is 43.2 Å². The predicted octanol–water partition coefficient (Wildman–Crippen LogP) is 3.48. The Labute approximate surface area is 157 Å². The number of likely N-dealkylation sites (N-methyl/N-ethyl adjacent to an activating group) is 1. The molecule has 0 aliphatic heterocycles. The van der Waals surface area contributed by atoms with Gasteiger partial charge in [-0.2, -0.15) is 0 Å². The SMILES string of the molecule is Cc1c(OC[C@@H](O)C[N+](C)(C)C)cc2c(=O)c3ccccc3sc2c1C. The topological polar surface area (TPSA) is 46.5 Å². The zero-order valence-electron chi connectivity index (χ0n) is 16.0. The zero-order chi connectivity index (χ0) is 19.1. The second-order valence-electron chi connectivity index (χ2n) is 7.87. The maximum absolute atomic E-state index is 12.9. The summed E-state index contributed by atoms with van der Waals surface area (Å²) in [5.74, 6) is 0.676. The van der Waals surface area contributed by atoms with E-state index in [9.17, 15) is 9.90 Å². The molecule has 0 radical (unpaired) electrons. The van der Waals surface area contributed by atoms with E-state index in [0.717, 1.165) is 25.9 Å². The first kappa shape index (κ1) is 18.8. The van der Waals surface area contributed by atoms with E-state index >= 15 is 0 Å². The molecule has 1 heterocycles. The van der Waals surface area contributed by atoms with Crippen LogP contribution in [0.4, 0.5) is 0 Å². The van der Waals surface area contributed by atoms with Gasteiger partial charge in [-0.1, -0.05) is 12.1 Å². The predicted molar refractivity (Wildman–Crippen MR) is 109 cm³/mol. The fraction of sp³-hybridized carbons (Fsp3) is 0.381. The lowest BCUT2D eigenvalue weighted by atomic mass is 10.1. The van der Waals surface area contributed by atoms with Crippen molar-refractivity contribution >= 4 is 31.5 Å². The molecule has 5 heteroatoms. The van der Waals surface area contributed by atoms with Crippen molar-refractivity contribution in [3.05, 3.63) is 51.7 Å². The molecule has 1 aromatic heterocycles. The number of fused-ring (bicyclic) bond motifs is 2. The summed E-state index contributed by atoms with van der Waals surface area (Å²) in [5.41, 5.74) is 2.11. The number of aliphatic hydroxyl groups is 1. The van der Waals surface area contributed by atoms with Crippen LogP contribution in [-0.2, 0) is 0 Å². The summed E-state index contributed by atoms with van der Waals surface area (Å²) >= 11 is 1.64. The molecule has 26 heavy (non-hydrogen) atoms. The van der Waals surface area contributed by atoms with Crippen LogP contribution in [0.1, 0.15) is 11.1 Å². The number of quaternary nitrogens is 1. The highest BCUT2D eigenvalue weighted by molar-refractivity contribution is 7.24. The largest absolute Gasteiger partial charge is 0.490 e. The van der Waals surface area contributed by atoms with E-state index in [2.05, 4.69) is 0 Å². The molecule has 0 spiro atoms. The van der Waals surface area contributed by atoms with Gasteiger partial charge in [0, 0.05) is 20.2 Å². The van der Waals surface area contributed by atoms with Gasteiger partial charge >= 0.3 is 0 Å². The minimum Gasteiger partial charge on any atom is -0.490 e. The second kappa shape index (κ2) is 6.99. The summed E-state index contributed by atoms with van der Waals surface area (Å²) in [7, 11) is 6.10. The second-order valence-corrected chi connectivity index (χ2v) is 8.92. The molecule has 4 nitrogen and oxygen atoms in total. The smallest absolute Gasteiger partial charge is 0.196 e. The number of aryl methyl sites for hydroxylation is 1. The van der Waals surface area contributed by atoms with Gasteiger partial charge in [0.25, 0.3) is 0 Å². The first-order valence-corrected chi connectivity index (χ1v) is 9.56. The molecule has 3 aromatic rings. The van der Waals surface area contributed by atoms with Crippen LogP contribution in [0.5, 0.6) is 5.75 Å². The van der Waals surface area contributed by atoms with Crippen LogP contribution < -0.4 is 10.2 Å². The van der Waals surface area contributed by atoms with Crippen molar-refractivity contribution in [3.8, 4) is 5.75 Å². The van der Waals surface area contributed by atoms with Crippen molar-refractivity contribution in [2.45, 2.75) is 20.0 Å². The number of ether oxygens (including phenoxy) is 1. The number of rotatable bonds is 5. The minimum absolute atomic E-state index is 0.0363. The Bertz CT molecular complexity index is 1020. The van der Waals surface area contributed by atoms with E-state index in [1.54, 1.807) is 11.3 Å². The molecular formula is C21H26NO3S+. The number of aliphatic hydroxyl groups excluding tert-OH is 1. The molecule has 0 aliphatic rings. The molecule has 0 saturated carbocycles. The lowest BCUT2D eigenvalue weighted by molar-refractivity contribution is -0.873. The Balaban J connectivity index is 2.02. The van der Waals surface area contributed by atoms with Gasteiger partial charge in [-0.15, -0.1) is 11.3 Å². The van der Waals surface area contributed by atoms with E-state index in [-0.39, 0.29) is 12.0 Å². The van der Waals surface area contributed by atoms with Crippen LogP contribution in [0.15, 0.2) is 35.1 Å². The van der Waals surface area contributed by atoms with E-state index < -0.39 is 6.10 Å². The summed E-state index contributed by atoms with van der Waals surface area (Å²) in [4.78, 5) is 12.9. The molecule has 0 fully saturated rings. The maximum atomic E-state index is 12.9. The van der Waals surface area contributed by atoms with Crippen LogP contribution in [0.25, 0.3) is 20.2 Å². The number of benzene rings is 2. The third kappa shape index (κ3) is 3.75. The number of hydrogen-bond donors (Lipinski definition) is 1. The molecular weight excluding hydrogens is 346 g/mol. The molecule has 138 valence electrons. The van der Waals surface area contributed by atoms with Crippen LogP contribution >= 0.6 is 11.3 Å². The number of hydrogen-bond acceptors (Lipinski definition) is 4. The molecule has 0 amide bonds. The Hall–Kier alpha value is -1.95. The highest BCUT2D eigenvalue weighted by Gasteiger charge is 2.18. The highest BCUT2D eigenvalue weighted by atomic mass is 32.1. The average Bonchev–Trinajstić information content (AvgIpc) is 2.56. The normalized spacial score (nSPS) is 13.3. The maximum Gasteiger partial charge on any atom is 0.196 e. The molecule has 3 rings (SSSR count). The van der Waals surface area contributed by atoms with E-state index in [0.29, 0.717) is 22.2 Å². The lowest BCUT2D eigenvalue weighted by Gasteiger charge is -2.26. The van der Waals surface area contributed by atoms with Gasteiger partial charge in [0.05, 0.1) is 21.1 Å². The van der Waals surface area contributed by atoms with E-state index in [1.807, 2.05) is 65.3 Å². The first-order valence-electron chi connectivity index (χ1n) is 8.74. The van der Waals surface area contributed by atoms with Crippen molar-refractivity contribution in [2.75, 3.05) is 34.3 Å². The van der Waals surface area contributed by atoms with Crippen LogP contribution in [-0.4, -0.2) is 50.0 Å². The Kier molecular flexibility index (Phi) is 5.06. The van der Waals surface area contributed by atoms with Crippen LogP contribution in [0.3, 0.4) is 0 Å². The quantitative estimate of drug-likeness (QED) is 0.551. The Morgan fingerprint density at radius 1 is 1.12 bits per heavy atom. The van der Waals surface area contributed by atoms with Crippen LogP contribution in [0.2, 0.25) is 0 Å². The summed E-state index contributed by atoms with van der Waals surface area (Å²) in [6.45, 7) is 4.85. The van der Waals surface area contributed by atoms with Crippen molar-refractivity contribution in [3.63, 3.8) is 0 Å². The Morgan fingerprint density at radius 2 is 1.81 bits per heavy atom. The first-order chi connectivity index (χ1) is 12.2. The molecule has 0 aliphatic carbocycles. The molecule has 0 bridgehead atoms. The van der Waals surface area contributed by atoms with Gasteiger partial charge in [0.15, 0.2) is 5.43 Å². The van der Waals surface area contributed by atoms with Gasteiger partial charge in [-0.3, -0.25) is 4.79 Å². The van der Waals surface area contributed by atoms with Crippen molar-refractivity contribution in [1.29, 1.82) is 0 Å².